The Bertz CT molecular complexity index is 184. The van der Waals surface area contributed by atoms with E-state index < -0.39 is 0 Å². The van der Waals surface area contributed by atoms with Crippen molar-refractivity contribution in [1.82, 2.24) is 0 Å². The number of rotatable bonds is 1. The maximum atomic E-state index is 10.4. The molecule has 1 fully saturated rings. The Labute approximate surface area is 59.9 Å². The van der Waals surface area contributed by atoms with Crippen LogP contribution in [0.2, 0.25) is 0 Å². The molecule has 2 rings (SSSR count). The van der Waals surface area contributed by atoms with Gasteiger partial charge in [0, 0.05) is 6.42 Å². The zero-order chi connectivity index (χ0) is 6.97. The maximum absolute atomic E-state index is 10.4. The molecule has 0 aromatic heterocycles. The standard InChI is InChI=1S/C8H10O2/c9-5-6-3-7-1-2-8(4-6)10-7/h3,5,7-8H,1-2,4H2. The van der Waals surface area contributed by atoms with Crippen LogP contribution in [-0.2, 0) is 9.53 Å². The maximum Gasteiger partial charge on any atom is 0.145 e. The van der Waals surface area contributed by atoms with E-state index in [2.05, 4.69) is 0 Å². The van der Waals surface area contributed by atoms with Crippen molar-refractivity contribution in [3.8, 4) is 0 Å². The Hall–Kier alpha value is -0.630. The first-order valence-electron chi connectivity index (χ1n) is 3.70. The van der Waals surface area contributed by atoms with Crippen molar-refractivity contribution in [2.75, 3.05) is 0 Å². The highest BCUT2D eigenvalue weighted by atomic mass is 16.5. The first-order chi connectivity index (χ1) is 4.88. The van der Waals surface area contributed by atoms with Gasteiger partial charge in [-0.25, -0.2) is 0 Å². The molecule has 0 spiro atoms. The van der Waals surface area contributed by atoms with Crippen molar-refractivity contribution in [2.45, 2.75) is 31.5 Å². The second-order valence-corrected chi connectivity index (χ2v) is 2.94. The minimum Gasteiger partial charge on any atom is -0.371 e. The quantitative estimate of drug-likeness (QED) is 0.506. The van der Waals surface area contributed by atoms with Gasteiger partial charge in [-0.1, -0.05) is 0 Å². The van der Waals surface area contributed by atoms with Crippen LogP contribution >= 0.6 is 0 Å². The lowest BCUT2D eigenvalue weighted by atomic mass is 10.1. The first-order valence-corrected chi connectivity index (χ1v) is 3.70. The number of carbonyl (C=O) groups is 1. The predicted octanol–water partition coefficient (Wildman–Crippen LogP) is 1.06. The number of carbonyl (C=O) groups excluding carboxylic acids is 1. The Balaban J connectivity index is 2.19. The summed E-state index contributed by atoms with van der Waals surface area (Å²) in [4.78, 5) is 10.4. The molecule has 2 bridgehead atoms. The summed E-state index contributed by atoms with van der Waals surface area (Å²) < 4.78 is 5.49. The zero-order valence-electron chi connectivity index (χ0n) is 5.75. The van der Waals surface area contributed by atoms with Gasteiger partial charge in [-0.2, -0.15) is 0 Å². The summed E-state index contributed by atoms with van der Waals surface area (Å²) in [7, 11) is 0. The first kappa shape index (κ1) is 6.10. The summed E-state index contributed by atoms with van der Waals surface area (Å²) in [6, 6.07) is 0. The lowest BCUT2D eigenvalue weighted by molar-refractivity contribution is -0.105. The molecule has 0 amide bonds. The summed E-state index contributed by atoms with van der Waals surface area (Å²) >= 11 is 0. The van der Waals surface area contributed by atoms with E-state index in [1.54, 1.807) is 0 Å². The highest BCUT2D eigenvalue weighted by Crippen LogP contribution is 2.30. The molecule has 2 aliphatic rings. The van der Waals surface area contributed by atoms with Crippen LogP contribution in [0.1, 0.15) is 19.3 Å². The van der Waals surface area contributed by atoms with Crippen molar-refractivity contribution in [2.24, 2.45) is 0 Å². The number of fused-ring (bicyclic) bond motifs is 2. The molecule has 10 heavy (non-hydrogen) atoms. The minimum atomic E-state index is 0.249. The van der Waals surface area contributed by atoms with Crippen LogP contribution in [0.3, 0.4) is 0 Å². The van der Waals surface area contributed by atoms with Crippen molar-refractivity contribution >= 4 is 6.29 Å². The smallest absolute Gasteiger partial charge is 0.145 e. The van der Waals surface area contributed by atoms with E-state index >= 15 is 0 Å². The lowest BCUT2D eigenvalue weighted by Gasteiger charge is -2.16. The van der Waals surface area contributed by atoms with Crippen molar-refractivity contribution in [3.05, 3.63) is 11.6 Å². The fourth-order valence-corrected chi connectivity index (χ4v) is 1.66. The molecule has 2 atom stereocenters. The van der Waals surface area contributed by atoms with E-state index in [4.69, 9.17) is 4.74 Å². The normalized spacial score (nSPS) is 37.4. The Morgan fingerprint density at radius 1 is 1.60 bits per heavy atom. The summed E-state index contributed by atoms with van der Waals surface area (Å²) in [6.45, 7) is 0. The van der Waals surface area contributed by atoms with Crippen LogP contribution in [0.5, 0.6) is 0 Å². The average Bonchev–Trinajstić information content (AvgIpc) is 2.30. The molecule has 1 saturated heterocycles. The zero-order valence-corrected chi connectivity index (χ0v) is 5.75. The van der Waals surface area contributed by atoms with Crippen LogP contribution < -0.4 is 0 Å². The highest BCUT2D eigenvalue weighted by Gasteiger charge is 2.28. The average molecular weight is 138 g/mol. The number of ether oxygens (including phenoxy) is 1. The van der Waals surface area contributed by atoms with Gasteiger partial charge in [-0.15, -0.1) is 0 Å². The second kappa shape index (κ2) is 2.20. The molecule has 2 heteroatoms. The van der Waals surface area contributed by atoms with Crippen LogP contribution in [0, 0.1) is 0 Å². The van der Waals surface area contributed by atoms with Crippen LogP contribution in [0.25, 0.3) is 0 Å². The molecule has 2 heterocycles. The van der Waals surface area contributed by atoms with Crippen molar-refractivity contribution < 1.29 is 9.53 Å². The van der Waals surface area contributed by atoms with Gasteiger partial charge in [-0.05, 0) is 24.5 Å². The molecule has 2 unspecified atom stereocenters. The second-order valence-electron chi connectivity index (χ2n) is 2.94. The summed E-state index contributed by atoms with van der Waals surface area (Å²) in [5.41, 5.74) is 0.929. The summed E-state index contributed by atoms with van der Waals surface area (Å²) in [6.07, 6.45) is 6.55. The molecule has 0 saturated carbocycles. The molecule has 0 aliphatic carbocycles. The van der Waals surface area contributed by atoms with Gasteiger partial charge in [0.15, 0.2) is 0 Å². The Morgan fingerprint density at radius 3 is 3.20 bits per heavy atom. The molecule has 0 aromatic rings. The summed E-state index contributed by atoms with van der Waals surface area (Å²) in [5.74, 6) is 0. The number of aldehydes is 1. The monoisotopic (exact) mass is 138 g/mol. The van der Waals surface area contributed by atoms with E-state index in [9.17, 15) is 4.79 Å². The molecular weight excluding hydrogens is 128 g/mol. The van der Waals surface area contributed by atoms with Gasteiger partial charge in [0.25, 0.3) is 0 Å². The van der Waals surface area contributed by atoms with Gasteiger partial charge in [0.1, 0.15) is 6.29 Å². The van der Waals surface area contributed by atoms with Gasteiger partial charge in [-0.3, -0.25) is 4.79 Å². The predicted molar refractivity (Wildman–Crippen MR) is 36.7 cm³/mol. The molecule has 0 radical (unpaired) electrons. The molecule has 2 aliphatic heterocycles. The van der Waals surface area contributed by atoms with Crippen molar-refractivity contribution in [3.63, 3.8) is 0 Å². The Morgan fingerprint density at radius 2 is 2.50 bits per heavy atom. The van der Waals surface area contributed by atoms with Crippen LogP contribution in [0.4, 0.5) is 0 Å². The van der Waals surface area contributed by atoms with Gasteiger partial charge < -0.3 is 4.74 Å². The van der Waals surface area contributed by atoms with Crippen LogP contribution in [-0.4, -0.2) is 18.5 Å². The molecule has 0 N–H and O–H groups in total. The summed E-state index contributed by atoms with van der Waals surface area (Å²) in [5, 5.41) is 0. The minimum absolute atomic E-state index is 0.249. The van der Waals surface area contributed by atoms with Gasteiger partial charge in [0.05, 0.1) is 12.2 Å². The van der Waals surface area contributed by atoms with E-state index in [0.29, 0.717) is 6.10 Å². The molecule has 0 aromatic carbocycles. The van der Waals surface area contributed by atoms with Crippen LogP contribution in [0.15, 0.2) is 11.6 Å². The number of hydrogen-bond donors (Lipinski definition) is 0. The van der Waals surface area contributed by atoms with Crippen molar-refractivity contribution in [1.29, 1.82) is 0 Å². The Kier molecular flexibility index (Phi) is 1.34. The topological polar surface area (TPSA) is 26.3 Å². The molecule has 2 nitrogen and oxygen atoms in total. The largest absolute Gasteiger partial charge is 0.371 e. The molecule has 54 valence electrons. The van der Waals surface area contributed by atoms with E-state index in [-0.39, 0.29) is 6.10 Å². The third-order valence-corrected chi connectivity index (χ3v) is 2.16. The molecular formula is C8H10O2. The van der Waals surface area contributed by atoms with Gasteiger partial charge >= 0.3 is 0 Å². The third-order valence-electron chi connectivity index (χ3n) is 2.16. The highest BCUT2D eigenvalue weighted by molar-refractivity contribution is 5.73. The number of hydrogen-bond acceptors (Lipinski definition) is 2. The fourth-order valence-electron chi connectivity index (χ4n) is 1.66. The van der Waals surface area contributed by atoms with Gasteiger partial charge in [0.2, 0.25) is 0 Å². The third kappa shape index (κ3) is 0.886. The fraction of sp³-hybridized carbons (Fsp3) is 0.625. The van der Waals surface area contributed by atoms with E-state index in [1.807, 2.05) is 6.08 Å². The van der Waals surface area contributed by atoms with E-state index in [0.717, 1.165) is 31.1 Å². The van der Waals surface area contributed by atoms with E-state index in [1.165, 1.54) is 0 Å². The lowest BCUT2D eigenvalue weighted by Crippen LogP contribution is -2.16. The SMILES string of the molecule is O=CC1=CC2CCC(C1)O2.